The summed E-state index contributed by atoms with van der Waals surface area (Å²) in [5.41, 5.74) is 3.64. The van der Waals surface area contributed by atoms with Crippen LogP contribution in [0.4, 0.5) is 0 Å². The van der Waals surface area contributed by atoms with Crippen LogP contribution in [0.15, 0.2) is 55.0 Å². The number of nitrogens with zero attached hydrogens (tertiary/aromatic N) is 2. The van der Waals surface area contributed by atoms with Crippen molar-refractivity contribution in [1.82, 2.24) is 14.9 Å². The summed E-state index contributed by atoms with van der Waals surface area (Å²) < 4.78 is 0. The molecule has 0 saturated carbocycles. The van der Waals surface area contributed by atoms with Crippen LogP contribution in [-0.4, -0.2) is 33.9 Å². The van der Waals surface area contributed by atoms with E-state index >= 15 is 0 Å². The quantitative estimate of drug-likeness (QED) is 0.776. The lowest BCUT2D eigenvalue weighted by molar-refractivity contribution is -0.130. The molecule has 3 aromatic rings. The Morgan fingerprint density at radius 1 is 1.24 bits per heavy atom. The van der Waals surface area contributed by atoms with Crippen molar-refractivity contribution in [2.45, 2.75) is 25.7 Å². The summed E-state index contributed by atoms with van der Waals surface area (Å²) in [6, 6.07) is 12.4. The van der Waals surface area contributed by atoms with Gasteiger partial charge < -0.3 is 9.88 Å². The second-order valence-electron chi connectivity index (χ2n) is 6.92. The molecule has 4 rings (SSSR count). The number of para-hydroxylation sites is 1. The Bertz CT molecular complexity index is 856. The molecule has 0 radical (unpaired) electrons. The Labute approximate surface area is 147 Å². The van der Waals surface area contributed by atoms with Gasteiger partial charge in [-0.15, -0.1) is 0 Å². The Kier molecular flexibility index (Phi) is 4.51. The van der Waals surface area contributed by atoms with Crippen molar-refractivity contribution in [1.29, 1.82) is 0 Å². The summed E-state index contributed by atoms with van der Waals surface area (Å²) in [6.07, 6.45) is 9.26. The number of H-pyrrole nitrogens is 1. The number of aromatic amines is 1. The molecule has 1 atom stereocenters. The van der Waals surface area contributed by atoms with Crippen molar-refractivity contribution in [2.75, 3.05) is 13.1 Å². The highest BCUT2D eigenvalue weighted by molar-refractivity contribution is 5.84. The van der Waals surface area contributed by atoms with Gasteiger partial charge in [0.05, 0.1) is 0 Å². The number of amides is 1. The number of carbonyl (C=O) groups excluding carboxylic acids is 1. The van der Waals surface area contributed by atoms with Gasteiger partial charge in [-0.2, -0.15) is 0 Å². The number of likely N-dealkylation sites (tertiary alicyclic amines) is 1. The van der Waals surface area contributed by atoms with Crippen LogP contribution in [-0.2, 0) is 17.6 Å². The van der Waals surface area contributed by atoms with Crippen LogP contribution in [0, 0.1) is 5.92 Å². The highest BCUT2D eigenvalue weighted by Gasteiger charge is 2.26. The fraction of sp³-hybridized carbons (Fsp3) is 0.333. The average Bonchev–Trinajstić information content (AvgIpc) is 3.28. The second-order valence-corrected chi connectivity index (χ2v) is 6.92. The Balaban J connectivity index is 1.31. The zero-order chi connectivity index (χ0) is 17.1. The van der Waals surface area contributed by atoms with E-state index in [1.165, 1.54) is 16.5 Å². The SMILES string of the molecule is O=C(CCc1c[nH]c2ccccc12)N1CCC(Cc2cccnc2)C1. The lowest BCUT2D eigenvalue weighted by Crippen LogP contribution is -2.29. The van der Waals surface area contributed by atoms with Crippen LogP contribution in [0.25, 0.3) is 10.9 Å². The molecule has 0 bridgehead atoms. The van der Waals surface area contributed by atoms with E-state index in [0.29, 0.717) is 12.3 Å². The highest BCUT2D eigenvalue weighted by atomic mass is 16.2. The fourth-order valence-electron chi connectivity index (χ4n) is 3.82. The molecule has 4 heteroatoms. The van der Waals surface area contributed by atoms with E-state index in [9.17, 15) is 4.79 Å². The Morgan fingerprint density at radius 2 is 2.16 bits per heavy atom. The molecule has 1 fully saturated rings. The third-order valence-corrected chi connectivity index (χ3v) is 5.17. The molecule has 1 aliphatic heterocycles. The van der Waals surface area contributed by atoms with Crippen LogP contribution < -0.4 is 0 Å². The van der Waals surface area contributed by atoms with Gasteiger partial charge in [0.1, 0.15) is 0 Å². The molecule has 1 saturated heterocycles. The first kappa shape index (κ1) is 15.9. The van der Waals surface area contributed by atoms with Crippen molar-refractivity contribution in [2.24, 2.45) is 5.92 Å². The topological polar surface area (TPSA) is 49.0 Å². The number of aromatic nitrogens is 2. The van der Waals surface area contributed by atoms with Crippen molar-refractivity contribution < 1.29 is 4.79 Å². The standard InChI is InChI=1S/C21H23N3O/c25-21(8-7-18-14-23-20-6-2-1-5-19(18)20)24-11-9-17(15-24)12-16-4-3-10-22-13-16/h1-6,10,13-14,17,23H,7-9,11-12,15H2. The normalized spacial score (nSPS) is 17.3. The number of carbonyl (C=O) groups is 1. The number of aryl methyl sites for hydroxylation is 1. The van der Waals surface area contributed by atoms with Crippen LogP contribution in [0.5, 0.6) is 0 Å². The molecule has 0 spiro atoms. The first-order chi connectivity index (χ1) is 12.3. The summed E-state index contributed by atoms with van der Waals surface area (Å²) in [5, 5.41) is 1.23. The minimum absolute atomic E-state index is 0.277. The van der Waals surface area contributed by atoms with Crippen LogP contribution in [0.3, 0.4) is 0 Å². The maximum atomic E-state index is 12.6. The maximum absolute atomic E-state index is 12.6. The lowest BCUT2D eigenvalue weighted by atomic mass is 10.00. The van der Waals surface area contributed by atoms with Gasteiger partial charge in [-0.1, -0.05) is 24.3 Å². The minimum Gasteiger partial charge on any atom is -0.361 e. The molecule has 1 amide bonds. The van der Waals surface area contributed by atoms with Gasteiger partial charge in [-0.05, 0) is 48.4 Å². The first-order valence-electron chi connectivity index (χ1n) is 9.01. The molecule has 4 nitrogen and oxygen atoms in total. The van der Waals surface area contributed by atoms with E-state index in [4.69, 9.17) is 0 Å². The van der Waals surface area contributed by atoms with Crippen LogP contribution in [0.1, 0.15) is 24.0 Å². The van der Waals surface area contributed by atoms with Gasteiger partial charge in [0.2, 0.25) is 5.91 Å². The lowest BCUT2D eigenvalue weighted by Gasteiger charge is -2.16. The number of fused-ring (bicyclic) bond motifs is 1. The van der Waals surface area contributed by atoms with Gasteiger partial charge >= 0.3 is 0 Å². The van der Waals surface area contributed by atoms with E-state index in [1.807, 2.05) is 35.5 Å². The molecule has 3 heterocycles. The molecule has 1 N–H and O–H groups in total. The number of hydrogen-bond donors (Lipinski definition) is 1. The molecule has 0 aliphatic carbocycles. The average molecular weight is 333 g/mol. The van der Waals surface area contributed by atoms with Gasteiger partial charge in [0.15, 0.2) is 0 Å². The van der Waals surface area contributed by atoms with E-state index in [0.717, 1.165) is 37.9 Å². The third-order valence-electron chi connectivity index (χ3n) is 5.17. The molecule has 25 heavy (non-hydrogen) atoms. The second kappa shape index (κ2) is 7.09. The largest absolute Gasteiger partial charge is 0.361 e. The molecular formula is C21H23N3O. The van der Waals surface area contributed by atoms with E-state index in [1.54, 1.807) is 6.20 Å². The fourth-order valence-corrected chi connectivity index (χ4v) is 3.82. The first-order valence-corrected chi connectivity index (χ1v) is 9.01. The van der Waals surface area contributed by atoms with Crippen molar-refractivity contribution in [3.8, 4) is 0 Å². The minimum atomic E-state index is 0.277. The summed E-state index contributed by atoms with van der Waals surface area (Å²) in [5.74, 6) is 0.834. The predicted octanol–water partition coefficient (Wildman–Crippen LogP) is 3.59. The number of pyridine rings is 1. The van der Waals surface area contributed by atoms with Gasteiger partial charge in [-0.3, -0.25) is 9.78 Å². The Hall–Kier alpha value is -2.62. The number of rotatable bonds is 5. The zero-order valence-electron chi connectivity index (χ0n) is 14.3. The maximum Gasteiger partial charge on any atom is 0.222 e. The predicted molar refractivity (Wildman–Crippen MR) is 99.2 cm³/mol. The molecule has 128 valence electrons. The summed E-state index contributed by atoms with van der Waals surface area (Å²) in [7, 11) is 0. The molecule has 2 aromatic heterocycles. The van der Waals surface area contributed by atoms with E-state index in [-0.39, 0.29) is 5.91 Å². The van der Waals surface area contributed by atoms with Gasteiger partial charge in [0.25, 0.3) is 0 Å². The molecule has 1 unspecified atom stereocenters. The number of nitrogens with one attached hydrogen (secondary N) is 1. The van der Waals surface area contributed by atoms with Crippen molar-refractivity contribution in [3.63, 3.8) is 0 Å². The van der Waals surface area contributed by atoms with Gasteiger partial charge in [-0.25, -0.2) is 0 Å². The molecule has 1 aromatic carbocycles. The number of benzene rings is 1. The van der Waals surface area contributed by atoms with E-state index in [2.05, 4.69) is 28.2 Å². The third kappa shape index (κ3) is 3.58. The smallest absolute Gasteiger partial charge is 0.222 e. The summed E-state index contributed by atoms with van der Waals surface area (Å²) in [4.78, 5) is 22.1. The number of hydrogen-bond acceptors (Lipinski definition) is 2. The van der Waals surface area contributed by atoms with Gasteiger partial charge in [0, 0.05) is 49.0 Å². The summed E-state index contributed by atoms with van der Waals surface area (Å²) >= 11 is 0. The highest BCUT2D eigenvalue weighted by Crippen LogP contribution is 2.23. The summed E-state index contributed by atoms with van der Waals surface area (Å²) in [6.45, 7) is 1.76. The van der Waals surface area contributed by atoms with Crippen LogP contribution >= 0.6 is 0 Å². The molecule has 1 aliphatic rings. The zero-order valence-corrected chi connectivity index (χ0v) is 14.3. The van der Waals surface area contributed by atoms with E-state index < -0.39 is 0 Å². The van der Waals surface area contributed by atoms with Crippen molar-refractivity contribution >= 4 is 16.8 Å². The van der Waals surface area contributed by atoms with Crippen LogP contribution in [0.2, 0.25) is 0 Å². The van der Waals surface area contributed by atoms with Crippen molar-refractivity contribution in [3.05, 3.63) is 66.1 Å². The molecular weight excluding hydrogens is 310 g/mol. The Morgan fingerprint density at radius 3 is 3.04 bits per heavy atom. The monoisotopic (exact) mass is 333 g/mol.